The maximum absolute atomic E-state index is 6.08. The molecular weight excluding hydrogens is 210 g/mol. The van der Waals surface area contributed by atoms with E-state index in [9.17, 15) is 0 Å². The first-order chi connectivity index (χ1) is 8.13. The van der Waals surface area contributed by atoms with E-state index >= 15 is 0 Å². The molecule has 0 aliphatic rings. The van der Waals surface area contributed by atoms with Gasteiger partial charge in [0.15, 0.2) is 0 Å². The van der Waals surface area contributed by atoms with Crippen molar-refractivity contribution in [2.75, 3.05) is 13.2 Å². The molecule has 0 radical (unpaired) electrons. The Morgan fingerprint density at radius 1 is 1.12 bits per heavy atom. The average molecular weight is 235 g/mol. The van der Waals surface area contributed by atoms with Gasteiger partial charge in [-0.05, 0) is 23.5 Å². The lowest BCUT2D eigenvalue weighted by molar-refractivity contribution is 0.0983. The maximum Gasteiger partial charge on any atom is 0.0659 e. The van der Waals surface area contributed by atoms with Gasteiger partial charge in [-0.1, -0.05) is 51.5 Å². The van der Waals surface area contributed by atoms with Crippen molar-refractivity contribution in [3.8, 4) is 0 Å². The van der Waals surface area contributed by atoms with E-state index in [2.05, 4.69) is 45.0 Å². The fourth-order valence-corrected chi connectivity index (χ4v) is 1.75. The highest BCUT2D eigenvalue weighted by molar-refractivity contribution is 5.24. The van der Waals surface area contributed by atoms with E-state index in [-0.39, 0.29) is 6.04 Å². The molecular formula is C15H25NO. The van der Waals surface area contributed by atoms with Gasteiger partial charge in [0, 0.05) is 6.61 Å². The molecule has 2 N–H and O–H groups in total. The van der Waals surface area contributed by atoms with Gasteiger partial charge in [0.2, 0.25) is 0 Å². The predicted molar refractivity (Wildman–Crippen MR) is 73.0 cm³/mol. The predicted octanol–water partition coefficient (Wildman–Crippen LogP) is 3.31. The van der Waals surface area contributed by atoms with Crippen LogP contribution in [-0.2, 0) is 11.2 Å². The molecule has 2 nitrogen and oxygen atoms in total. The summed E-state index contributed by atoms with van der Waals surface area (Å²) in [7, 11) is 0. The van der Waals surface area contributed by atoms with Crippen LogP contribution in [0.4, 0.5) is 0 Å². The second kappa shape index (κ2) is 7.46. The Labute approximate surface area is 105 Å². The fourth-order valence-electron chi connectivity index (χ4n) is 1.75. The van der Waals surface area contributed by atoms with Gasteiger partial charge in [0.05, 0.1) is 12.6 Å². The molecule has 2 heteroatoms. The molecule has 0 amide bonds. The lowest BCUT2D eigenvalue weighted by Gasteiger charge is -2.14. The largest absolute Gasteiger partial charge is 0.379 e. The van der Waals surface area contributed by atoms with E-state index in [1.807, 2.05) is 0 Å². The Bertz CT molecular complexity index is 305. The third-order valence-electron chi connectivity index (χ3n) is 2.70. The molecule has 0 bridgehead atoms. The zero-order chi connectivity index (χ0) is 12.7. The molecule has 0 fully saturated rings. The monoisotopic (exact) mass is 235 g/mol. The van der Waals surface area contributed by atoms with Gasteiger partial charge >= 0.3 is 0 Å². The van der Waals surface area contributed by atoms with Crippen LogP contribution in [0.15, 0.2) is 24.3 Å². The minimum atomic E-state index is -0.00979. The second-order valence-electron chi connectivity index (χ2n) is 5.03. The molecule has 1 aromatic rings. The van der Waals surface area contributed by atoms with Crippen molar-refractivity contribution in [1.82, 2.24) is 0 Å². The fraction of sp³-hybridized carbons (Fsp3) is 0.600. The molecule has 0 heterocycles. The number of aryl methyl sites for hydroxylation is 1. The van der Waals surface area contributed by atoms with Gasteiger partial charge in [0.25, 0.3) is 0 Å². The number of benzene rings is 1. The first-order valence-corrected chi connectivity index (χ1v) is 6.55. The third-order valence-corrected chi connectivity index (χ3v) is 2.70. The van der Waals surface area contributed by atoms with Gasteiger partial charge < -0.3 is 10.5 Å². The van der Waals surface area contributed by atoms with E-state index in [4.69, 9.17) is 10.5 Å². The Morgan fingerprint density at radius 3 is 2.29 bits per heavy atom. The van der Waals surface area contributed by atoms with E-state index in [0.29, 0.717) is 12.5 Å². The molecule has 0 aromatic heterocycles. The molecule has 1 atom stereocenters. The Balaban J connectivity index is 2.43. The molecule has 96 valence electrons. The quantitative estimate of drug-likeness (QED) is 0.787. The van der Waals surface area contributed by atoms with Crippen molar-refractivity contribution in [3.05, 3.63) is 35.4 Å². The second-order valence-corrected chi connectivity index (χ2v) is 5.03. The molecule has 1 aromatic carbocycles. The highest BCUT2D eigenvalue weighted by atomic mass is 16.5. The number of nitrogens with two attached hydrogens (primary N) is 1. The standard InChI is InChI=1S/C15H25NO/c1-4-5-13-6-8-14(9-7-13)15(16)11-17-10-12(2)3/h6-9,12,15H,4-5,10-11,16H2,1-3H3. The molecule has 0 spiro atoms. The maximum atomic E-state index is 6.08. The van der Waals surface area contributed by atoms with Gasteiger partial charge in [-0.15, -0.1) is 0 Å². The van der Waals surface area contributed by atoms with E-state index < -0.39 is 0 Å². The summed E-state index contributed by atoms with van der Waals surface area (Å²) in [5, 5.41) is 0. The van der Waals surface area contributed by atoms with E-state index in [1.54, 1.807) is 0 Å². The van der Waals surface area contributed by atoms with Crippen molar-refractivity contribution in [1.29, 1.82) is 0 Å². The first kappa shape index (κ1) is 14.2. The van der Waals surface area contributed by atoms with Gasteiger partial charge in [-0.25, -0.2) is 0 Å². The number of hydrogen-bond acceptors (Lipinski definition) is 2. The van der Waals surface area contributed by atoms with Crippen LogP contribution in [-0.4, -0.2) is 13.2 Å². The van der Waals surface area contributed by atoms with Crippen LogP contribution in [0.2, 0.25) is 0 Å². The van der Waals surface area contributed by atoms with Crippen LogP contribution < -0.4 is 5.73 Å². The molecule has 0 saturated heterocycles. The van der Waals surface area contributed by atoms with Crippen LogP contribution in [0.3, 0.4) is 0 Å². The van der Waals surface area contributed by atoms with Crippen LogP contribution in [0, 0.1) is 5.92 Å². The molecule has 0 aliphatic heterocycles. The zero-order valence-electron chi connectivity index (χ0n) is 11.3. The van der Waals surface area contributed by atoms with Crippen LogP contribution >= 0.6 is 0 Å². The summed E-state index contributed by atoms with van der Waals surface area (Å²) in [6.07, 6.45) is 2.32. The highest BCUT2D eigenvalue weighted by Gasteiger charge is 2.06. The van der Waals surface area contributed by atoms with Crippen molar-refractivity contribution in [3.63, 3.8) is 0 Å². The van der Waals surface area contributed by atoms with E-state index in [1.165, 1.54) is 12.0 Å². The number of hydrogen-bond donors (Lipinski definition) is 1. The molecule has 1 unspecified atom stereocenters. The Hall–Kier alpha value is -0.860. The molecule has 1 rings (SSSR count). The third kappa shape index (κ3) is 5.33. The summed E-state index contributed by atoms with van der Waals surface area (Å²) >= 11 is 0. The summed E-state index contributed by atoms with van der Waals surface area (Å²) in [5.74, 6) is 0.564. The molecule has 0 aliphatic carbocycles. The van der Waals surface area contributed by atoms with Crippen LogP contribution in [0.1, 0.15) is 44.4 Å². The summed E-state index contributed by atoms with van der Waals surface area (Å²) < 4.78 is 5.56. The van der Waals surface area contributed by atoms with Crippen LogP contribution in [0.5, 0.6) is 0 Å². The van der Waals surface area contributed by atoms with Crippen molar-refractivity contribution in [2.45, 2.75) is 39.7 Å². The highest BCUT2D eigenvalue weighted by Crippen LogP contribution is 2.13. The smallest absolute Gasteiger partial charge is 0.0659 e. The molecule has 17 heavy (non-hydrogen) atoms. The van der Waals surface area contributed by atoms with E-state index in [0.717, 1.165) is 18.6 Å². The van der Waals surface area contributed by atoms with Crippen LogP contribution in [0.25, 0.3) is 0 Å². The van der Waals surface area contributed by atoms with Crippen molar-refractivity contribution >= 4 is 0 Å². The van der Waals surface area contributed by atoms with Gasteiger partial charge in [-0.3, -0.25) is 0 Å². The Morgan fingerprint density at radius 2 is 1.76 bits per heavy atom. The average Bonchev–Trinajstić information content (AvgIpc) is 2.30. The summed E-state index contributed by atoms with van der Waals surface area (Å²) in [6.45, 7) is 7.86. The minimum absolute atomic E-state index is 0.00979. The van der Waals surface area contributed by atoms with Crippen molar-refractivity contribution in [2.24, 2.45) is 11.7 Å². The normalized spacial score (nSPS) is 13.0. The van der Waals surface area contributed by atoms with Gasteiger partial charge in [-0.2, -0.15) is 0 Å². The summed E-state index contributed by atoms with van der Waals surface area (Å²) in [4.78, 5) is 0. The first-order valence-electron chi connectivity index (χ1n) is 6.55. The SMILES string of the molecule is CCCc1ccc(C(N)COCC(C)C)cc1. The lowest BCUT2D eigenvalue weighted by Crippen LogP contribution is -2.18. The van der Waals surface area contributed by atoms with Gasteiger partial charge in [0.1, 0.15) is 0 Å². The molecule has 0 saturated carbocycles. The Kier molecular flexibility index (Phi) is 6.23. The minimum Gasteiger partial charge on any atom is -0.379 e. The number of rotatable bonds is 7. The lowest BCUT2D eigenvalue weighted by atomic mass is 10.0. The zero-order valence-corrected chi connectivity index (χ0v) is 11.3. The topological polar surface area (TPSA) is 35.2 Å². The summed E-state index contributed by atoms with van der Waals surface area (Å²) in [6, 6.07) is 8.56. The van der Waals surface area contributed by atoms with Crippen molar-refractivity contribution < 1.29 is 4.74 Å². The number of ether oxygens (including phenoxy) is 1. The summed E-state index contributed by atoms with van der Waals surface area (Å²) in [5.41, 5.74) is 8.62.